The Morgan fingerprint density at radius 2 is 1.78 bits per heavy atom. The smallest absolute Gasteiger partial charge is 0.109 e. The molecule has 3 nitrogen and oxygen atoms in total. The molecule has 1 atom stereocenters. The molecule has 0 aromatic rings. The standard InChI is InChI=1S/C15H27NO2/c1-12(2)15(17,11-18-5)14(10-16)8-6-13(3,4)7-9-14/h12,17H,6-9,11H2,1-5H3. The molecule has 18 heavy (non-hydrogen) atoms. The topological polar surface area (TPSA) is 53.2 Å². The van der Waals surface area contributed by atoms with E-state index in [1.165, 1.54) is 0 Å². The van der Waals surface area contributed by atoms with Crippen LogP contribution >= 0.6 is 0 Å². The monoisotopic (exact) mass is 253 g/mol. The van der Waals surface area contributed by atoms with Gasteiger partial charge in [-0.15, -0.1) is 0 Å². The molecule has 1 aliphatic carbocycles. The van der Waals surface area contributed by atoms with Gasteiger partial charge in [0.1, 0.15) is 5.60 Å². The molecule has 0 spiro atoms. The third-order valence-electron chi connectivity index (χ3n) is 4.82. The largest absolute Gasteiger partial charge is 0.386 e. The number of aliphatic hydroxyl groups is 1. The fourth-order valence-corrected chi connectivity index (χ4v) is 3.07. The van der Waals surface area contributed by atoms with Crippen molar-refractivity contribution in [1.29, 1.82) is 5.26 Å². The molecule has 0 radical (unpaired) electrons. The molecular weight excluding hydrogens is 226 g/mol. The van der Waals surface area contributed by atoms with E-state index in [1.807, 2.05) is 13.8 Å². The van der Waals surface area contributed by atoms with Crippen LogP contribution in [0.2, 0.25) is 0 Å². The Kier molecular flexibility index (Phi) is 4.46. The summed E-state index contributed by atoms with van der Waals surface area (Å²) in [5.74, 6) is 0.0123. The molecule has 1 N–H and O–H groups in total. The minimum Gasteiger partial charge on any atom is -0.386 e. The minimum atomic E-state index is -1.05. The first kappa shape index (κ1) is 15.5. The summed E-state index contributed by atoms with van der Waals surface area (Å²) in [7, 11) is 1.59. The molecule has 0 aromatic heterocycles. The molecule has 1 fully saturated rings. The van der Waals surface area contributed by atoms with Crippen LogP contribution in [0.5, 0.6) is 0 Å². The molecular formula is C15H27NO2. The Labute approximate surface area is 111 Å². The number of ether oxygens (including phenoxy) is 1. The predicted octanol–water partition coefficient (Wildman–Crippen LogP) is 3.13. The average Bonchev–Trinajstić information content (AvgIpc) is 2.29. The van der Waals surface area contributed by atoms with Crippen molar-refractivity contribution in [2.45, 2.75) is 59.0 Å². The summed E-state index contributed by atoms with van der Waals surface area (Å²) >= 11 is 0. The van der Waals surface area contributed by atoms with E-state index in [0.717, 1.165) is 25.7 Å². The molecule has 0 aliphatic heterocycles. The number of rotatable bonds is 4. The summed E-state index contributed by atoms with van der Waals surface area (Å²) < 4.78 is 5.20. The van der Waals surface area contributed by atoms with Gasteiger partial charge in [0.2, 0.25) is 0 Å². The van der Waals surface area contributed by atoms with Crippen molar-refractivity contribution in [1.82, 2.24) is 0 Å². The van der Waals surface area contributed by atoms with Crippen LogP contribution in [0.25, 0.3) is 0 Å². The zero-order chi connectivity index (χ0) is 14.0. The minimum absolute atomic E-state index is 0.0123. The molecule has 1 unspecified atom stereocenters. The van der Waals surface area contributed by atoms with Crippen LogP contribution in [0.3, 0.4) is 0 Å². The first-order valence-corrected chi connectivity index (χ1v) is 6.86. The second-order valence-corrected chi connectivity index (χ2v) is 6.87. The van der Waals surface area contributed by atoms with E-state index in [9.17, 15) is 10.4 Å². The quantitative estimate of drug-likeness (QED) is 0.837. The Morgan fingerprint density at radius 1 is 1.28 bits per heavy atom. The molecule has 0 saturated heterocycles. The van der Waals surface area contributed by atoms with Crippen LogP contribution in [0, 0.1) is 28.1 Å². The third kappa shape index (κ3) is 2.55. The van der Waals surface area contributed by atoms with Gasteiger partial charge in [0.15, 0.2) is 0 Å². The van der Waals surface area contributed by atoms with Crippen LogP contribution in [-0.4, -0.2) is 24.4 Å². The van der Waals surface area contributed by atoms with Crippen molar-refractivity contribution < 1.29 is 9.84 Å². The normalized spacial score (nSPS) is 25.4. The first-order chi connectivity index (χ1) is 8.23. The van der Waals surface area contributed by atoms with E-state index in [0.29, 0.717) is 0 Å². The number of hydrogen-bond acceptors (Lipinski definition) is 3. The van der Waals surface area contributed by atoms with Crippen LogP contribution in [-0.2, 0) is 4.74 Å². The second-order valence-electron chi connectivity index (χ2n) is 6.87. The Hall–Kier alpha value is -0.590. The van der Waals surface area contributed by atoms with Gasteiger partial charge in [0, 0.05) is 7.11 Å². The van der Waals surface area contributed by atoms with Gasteiger partial charge in [-0.25, -0.2) is 0 Å². The Bertz CT molecular complexity index is 320. The van der Waals surface area contributed by atoms with E-state index in [-0.39, 0.29) is 17.9 Å². The molecule has 104 valence electrons. The molecule has 1 aliphatic rings. The van der Waals surface area contributed by atoms with Crippen molar-refractivity contribution in [3.63, 3.8) is 0 Å². The van der Waals surface area contributed by atoms with E-state index < -0.39 is 11.0 Å². The number of nitriles is 1. The lowest BCUT2D eigenvalue weighted by Crippen LogP contribution is -2.56. The SMILES string of the molecule is COCC(O)(C(C)C)C1(C#N)CCC(C)(C)CC1. The van der Waals surface area contributed by atoms with Gasteiger partial charge in [-0.2, -0.15) is 5.26 Å². The molecule has 1 rings (SSSR count). The molecule has 0 aromatic carbocycles. The Balaban J connectivity index is 3.04. The van der Waals surface area contributed by atoms with Gasteiger partial charge in [-0.1, -0.05) is 27.7 Å². The number of methoxy groups -OCH3 is 1. The van der Waals surface area contributed by atoms with Gasteiger partial charge in [0.05, 0.1) is 18.1 Å². The van der Waals surface area contributed by atoms with Gasteiger partial charge >= 0.3 is 0 Å². The lowest BCUT2D eigenvalue weighted by Gasteiger charge is -2.50. The molecule has 0 amide bonds. The average molecular weight is 253 g/mol. The fourth-order valence-electron chi connectivity index (χ4n) is 3.07. The Morgan fingerprint density at radius 3 is 2.11 bits per heavy atom. The molecule has 0 bridgehead atoms. The highest BCUT2D eigenvalue weighted by molar-refractivity contribution is 5.15. The van der Waals surface area contributed by atoms with Crippen molar-refractivity contribution in [3.8, 4) is 6.07 Å². The maximum absolute atomic E-state index is 11.0. The third-order valence-corrected chi connectivity index (χ3v) is 4.82. The van der Waals surface area contributed by atoms with Crippen LogP contribution in [0.1, 0.15) is 53.4 Å². The summed E-state index contributed by atoms with van der Waals surface area (Å²) in [6.45, 7) is 8.65. The van der Waals surface area contributed by atoms with Crippen LogP contribution < -0.4 is 0 Å². The summed E-state index contributed by atoms with van der Waals surface area (Å²) in [5, 5.41) is 20.6. The molecule has 1 saturated carbocycles. The lowest BCUT2D eigenvalue weighted by atomic mass is 9.56. The van der Waals surface area contributed by atoms with Crippen molar-refractivity contribution >= 4 is 0 Å². The lowest BCUT2D eigenvalue weighted by molar-refractivity contribution is -0.150. The molecule has 0 heterocycles. The highest BCUT2D eigenvalue weighted by Gasteiger charge is 2.55. The summed E-state index contributed by atoms with van der Waals surface area (Å²) in [6.07, 6.45) is 3.49. The zero-order valence-electron chi connectivity index (χ0n) is 12.4. The van der Waals surface area contributed by atoms with Gasteiger partial charge in [-0.3, -0.25) is 0 Å². The van der Waals surface area contributed by atoms with E-state index in [2.05, 4.69) is 19.9 Å². The predicted molar refractivity (Wildman–Crippen MR) is 72.0 cm³/mol. The first-order valence-electron chi connectivity index (χ1n) is 6.86. The van der Waals surface area contributed by atoms with Gasteiger partial charge < -0.3 is 9.84 Å². The number of nitrogens with zero attached hydrogens (tertiary/aromatic N) is 1. The van der Waals surface area contributed by atoms with Crippen LogP contribution in [0.15, 0.2) is 0 Å². The van der Waals surface area contributed by atoms with E-state index in [1.54, 1.807) is 7.11 Å². The second kappa shape index (κ2) is 5.19. The summed E-state index contributed by atoms with van der Waals surface area (Å²) in [5.41, 5.74) is -1.43. The zero-order valence-corrected chi connectivity index (χ0v) is 12.4. The fraction of sp³-hybridized carbons (Fsp3) is 0.933. The van der Waals surface area contributed by atoms with Gasteiger partial charge in [0.25, 0.3) is 0 Å². The summed E-state index contributed by atoms with van der Waals surface area (Å²) in [6, 6.07) is 2.43. The van der Waals surface area contributed by atoms with Crippen molar-refractivity contribution in [2.75, 3.05) is 13.7 Å². The van der Waals surface area contributed by atoms with Crippen LogP contribution in [0.4, 0.5) is 0 Å². The highest BCUT2D eigenvalue weighted by atomic mass is 16.5. The maximum Gasteiger partial charge on any atom is 0.109 e. The molecule has 3 heteroatoms. The van der Waals surface area contributed by atoms with Crippen molar-refractivity contribution in [3.05, 3.63) is 0 Å². The van der Waals surface area contributed by atoms with Gasteiger partial charge in [-0.05, 0) is 37.0 Å². The summed E-state index contributed by atoms with van der Waals surface area (Å²) in [4.78, 5) is 0. The highest BCUT2D eigenvalue weighted by Crippen LogP contribution is 2.52. The van der Waals surface area contributed by atoms with E-state index in [4.69, 9.17) is 4.74 Å². The van der Waals surface area contributed by atoms with E-state index >= 15 is 0 Å². The maximum atomic E-state index is 11.0. The number of hydrogen-bond donors (Lipinski definition) is 1. The van der Waals surface area contributed by atoms with Crippen molar-refractivity contribution in [2.24, 2.45) is 16.7 Å².